The molecule has 0 aromatic heterocycles. The molecule has 0 heteroatoms. The highest BCUT2D eigenvalue weighted by atomic mass is 14.4. The van der Waals surface area contributed by atoms with Gasteiger partial charge in [0.1, 0.15) is 0 Å². The minimum absolute atomic E-state index is 0.749. The predicted molar refractivity (Wildman–Crippen MR) is 63.2 cm³/mol. The highest BCUT2D eigenvalue weighted by molar-refractivity contribution is 4.94. The van der Waals surface area contributed by atoms with Crippen molar-refractivity contribution >= 4 is 0 Å². The Kier molecular flexibility index (Phi) is 4.48. The minimum Gasteiger partial charge on any atom is -0.133 e. The molecule has 1 aliphatic carbocycles. The second kappa shape index (κ2) is 5.41. The number of rotatable bonds is 3. The Morgan fingerprint density at radius 3 is 2.36 bits per heavy atom. The third-order valence-electron chi connectivity index (χ3n) is 4.04. The molecule has 4 atom stereocenters. The summed E-state index contributed by atoms with van der Waals surface area (Å²) in [5.74, 6) is 3.47. The average Bonchev–Trinajstić information content (AvgIpc) is 2.20. The number of allylic oxidation sites excluding steroid dienone is 1. The van der Waals surface area contributed by atoms with E-state index >= 15 is 0 Å². The van der Waals surface area contributed by atoms with Crippen LogP contribution in [0.4, 0.5) is 0 Å². The Hall–Kier alpha value is -0.480. The van der Waals surface area contributed by atoms with Gasteiger partial charge in [-0.1, -0.05) is 40.2 Å². The van der Waals surface area contributed by atoms with Gasteiger partial charge in [-0.25, -0.2) is 0 Å². The van der Waals surface area contributed by atoms with E-state index in [0.29, 0.717) is 0 Å². The van der Waals surface area contributed by atoms with Crippen LogP contribution in [0.15, 0.2) is 18.4 Å². The first-order chi connectivity index (χ1) is 6.72. The van der Waals surface area contributed by atoms with Crippen molar-refractivity contribution < 1.29 is 0 Å². The van der Waals surface area contributed by atoms with Gasteiger partial charge < -0.3 is 0 Å². The minimum atomic E-state index is 0.749. The molecule has 1 aliphatic rings. The summed E-state index contributed by atoms with van der Waals surface area (Å²) in [5, 5.41) is 0. The molecular formula is C14H24. The highest BCUT2D eigenvalue weighted by Crippen LogP contribution is 2.41. The molecule has 1 fully saturated rings. The molecule has 0 aromatic rings. The zero-order valence-electron chi connectivity index (χ0n) is 9.92. The van der Waals surface area contributed by atoms with E-state index < -0.39 is 0 Å². The van der Waals surface area contributed by atoms with E-state index in [9.17, 15) is 0 Å². The Balaban J connectivity index is 2.67. The molecule has 1 saturated carbocycles. The zero-order chi connectivity index (χ0) is 10.6. The Morgan fingerprint density at radius 2 is 1.86 bits per heavy atom. The normalized spacial score (nSPS) is 37.6. The van der Waals surface area contributed by atoms with Gasteiger partial charge in [0, 0.05) is 0 Å². The topological polar surface area (TPSA) is 0 Å². The lowest BCUT2D eigenvalue weighted by Gasteiger charge is -2.38. The van der Waals surface area contributed by atoms with Crippen LogP contribution < -0.4 is 0 Å². The van der Waals surface area contributed by atoms with Crippen molar-refractivity contribution in [1.82, 2.24) is 0 Å². The molecule has 1 rings (SSSR count). The maximum absolute atomic E-state index is 3.71. The van der Waals surface area contributed by atoms with E-state index in [1.807, 2.05) is 0 Å². The van der Waals surface area contributed by atoms with Crippen molar-refractivity contribution in [1.29, 1.82) is 0 Å². The van der Waals surface area contributed by atoms with Crippen LogP contribution in [-0.2, 0) is 0 Å². The Morgan fingerprint density at radius 1 is 1.21 bits per heavy atom. The van der Waals surface area contributed by atoms with E-state index in [2.05, 4.69) is 39.2 Å². The molecule has 80 valence electrons. The summed E-state index contributed by atoms with van der Waals surface area (Å²) in [7, 11) is 0. The molecule has 0 amide bonds. The van der Waals surface area contributed by atoms with Gasteiger partial charge in [-0.3, -0.25) is 0 Å². The lowest BCUT2D eigenvalue weighted by molar-refractivity contribution is 0.143. The van der Waals surface area contributed by atoms with E-state index in [1.165, 1.54) is 25.7 Å². The monoisotopic (exact) mass is 192 g/mol. The van der Waals surface area contributed by atoms with Crippen molar-refractivity contribution in [2.45, 2.75) is 46.5 Å². The summed E-state index contributed by atoms with van der Waals surface area (Å²) in [4.78, 5) is 0. The smallest absolute Gasteiger partial charge is 0.0127 e. The molecule has 14 heavy (non-hydrogen) atoms. The van der Waals surface area contributed by atoms with Gasteiger partial charge in [0.15, 0.2) is 0 Å². The lowest BCUT2D eigenvalue weighted by atomic mass is 9.67. The second-order valence-electron chi connectivity index (χ2n) is 4.82. The molecule has 0 saturated heterocycles. The molecule has 0 aliphatic heterocycles. The summed E-state index contributed by atoms with van der Waals surface area (Å²) < 4.78 is 0. The van der Waals surface area contributed by atoms with Crippen LogP contribution >= 0.6 is 0 Å². The first kappa shape index (κ1) is 11.6. The molecule has 0 radical (unpaired) electrons. The van der Waals surface area contributed by atoms with Gasteiger partial charge in [-0.05, 0) is 42.6 Å². The summed E-state index contributed by atoms with van der Waals surface area (Å²) >= 11 is 0. The van der Waals surface area contributed by atoms with Crippen LogP contribution in [0.25, 0.3) is 0 Å². The maximum atomic E-state index is 3.71. The van der Waals surface area contributed by atoms with Crippen molar-refractivity contribution in [3.05, 3.63) is 18.4 Å². The molecule has 0 N–H and O–H groups in total. The molecule has 0 aromatic carbocycles. The lowest BCUT2D eigenvalue weighted by Crippen LogP contribution is -2.29. The molecule has 0 nitrogen and oxygen atoms in total. The SMILES string of the molecule is C=C=CC1CC(CC)C(C)CC1CC. The van der Waals surface area contributed by atoms with Gasteiger partial charge in [0.2, 0.25) is 0 Å². The number of hydrogen-bond acceptors (Lipinski definition) is 0. The summed E-state index contributed by atoms with van der Waals surface area (Å²) in [6.45, 7) is 10.8. The second-order valence-corrected chi connectivity index (χ2v) is 4.82. The van der Waals surface area contributed by atoms with Crippen LogP contribution in [0.2, 0.25) is 0 Å². The van der Waals surface area contributed by atoms with Crippen molar-refractivity contribution in [2.75, 3.05) is 0 Å². The fourth-order valence-electron chi connectivity index (χ4n) is 3.01. The first-order valence-corrected chi connectivity index (χ1v) is 6.08. The summed E-state index contributed by atoms with van der Waals surface area (Å²) in [5.41, 5.74) is 2.99. The van der Waals surface area contributed by atoms with Crippen molar-refractivity contribution in [3.63, 3.8) is 0 Å². The van der Waals surface area contributed by atoms with Crippen LogP contribution in [0.3, 0.4) is 0 Å². The fourth-order valence-corrected chi connectivity index (χ4v) is 3.01. The van der Waals surface area contributed by atoms with E-state index in [-0.39, 0.29) is 0 Å². The number of hydrogen-bond donors (Lipinski definition) is 0. The fraction of sp³-hybridized carbons (Fsp3) is 0.786. The van der Waals surface area contributed by atoms with Crippen LogP contribution in [-0.4, -0.2) is 0 Å². The van der Waals surface area contributed by atoms with Crippen molar-refractivity contribution in [2.24, 2.45) is 23.7 Å². The molecule has 0 heterocycles. The quantitative estimate of drug-likeness (QED) is 0.580. The third kappa shape index (κ3) is 2.51. The third-order valence-corrected chi connectivity index (χ3v) is 4.04. The van der Waals surface area contributed by atoms with E-state index in [1.54, 1.807) is 0 Å². The van der Waals surface area contributed by atoms with Gasteiger partial charge in [0.25, 0.3) is 0 Å². The molecular weight excluding hydrogens is 168 g/mol. The van der Waals surface area contributed by atoms with E-state index in [4.69, 9.17) is 0 Å². The van der Waals surface area contributed by atoms with Crippen LogP contribution in [0, 0.1) is 23.7 Å². The largest absolute Gasteiger partial charge is 0.133 e. The van der Waals surface area contributed by atoms with Crippen LogP contribution in [0.5, 0.6) is 0 Å². The van der Waals surface area contributed by atoms with Gasteiger partial charge in [0.05, 0.1) is 0 Å². The van der Waals surface area contributed by atoms with Gasteiger partial charge >= 0.3 is 0 Å². The Bertz CT molecular complexity index is 210. The predicted octanol–water partition coefficient (Wildman–Crippen LogP) is 4.43. The van der Waals surface area contributed by atoms with E-state index in [0.717, 1.165) is 23.7 Å². The van der Waals surface area contributed by atoms with Crippen LogP contribution in [0.1, 0.15) is 46.5 Å². The Labute approximate surface area is 89.1 Å². The first-order valence-electron chi connectivity index (χ1n) is 6.08. The highest BCUT2D eigenvalue weighted by Gasteiger charge is 2.31. The standard InChI is InChI=1S/C14H24/c1-5-8-14-10-12(6-2)11(4)9-13(14)7-3/h8,11-14H,1,6-7,9-10H2,2-4H3. The zero-order valence-corrected chi connectivity index (χ0v) is 9.92. The van der Waals surface area contributed by atoms with Gasteiger partial charge in [-0.15, -0.1) is 5.73 Å². The molecule has 0 bridgehead atoms. The molecule has 4 unspecified atom stereocenters. The maximum Gasteiger partial charge on any atom is -0.0127 e. The van der Waals surface area contributed by atoms with Gasteiger partial charge in [-0.2, -0.15) is 0 Å². The molecule has 0 spiro atoms. The average molecular weight is 192 g/mol. The van der Waals surface area contributed by atoms with Crippen molar-refractivity contribution in [3.8, 4) is 0 Å². The summed E-state index contributed by atoms with van der Waals surface area (Å²) in [6, 6.07) is 0. The summed E-state index contributed by atoms with van der Waals surface area (Å²) in [6.07, 6.45) is 7.61.